The molecule has 24 heavy (non-hydrogen) atoms. The summed E-state index contributed by atoms with van der Waals surface area (Å²) in [4.78, 5) is 23.7. The third-order valence-electron chi connectivity index (χ3n) is 3.46. The molecule has 0 spiro atoms. The predicted molar refractivity (Wildman–Crippen MR) is 87.2 cm³/mol. The Morgan fingerprint density at radius 1 is 1.25 bits per heavy atom. The van der Waals surface area contributed by atoms with E-state index in [1.165, 1.54) is 30.8 Å². The molecule has 0 saturated heterocycles. The Kier molecular flexibility index (Phi) is 5.05. The summed E-state index contributed by atoms with van der Waals surface area (Å²) in [7, 11) is -0.953. The van der Waals surface area contributed by atoms with Crippen LogP contribution >= 0.6 is 0 Å². The molecule has 0 atom stereocenters. The van der Waals surface area contributed by atoms with Gasteiger partial charge in [-0.15, -0.1) is 0 Å². The van der Waals surface area contributed by atoms with Gasteiger partial charge in [-0.1, -0.05) is 18.2 Å². The summed E-state index contributed by atoms with van der Waals surface area (Å²) in [6.45, 7) is -0.215. The topological polar surface area (TPSA) is 118 Å². The maximum atomic E-state index is 12.2. The Hall–Kier alpha value is -2.65. The molecule has 0 fully saturated rings. The van der Waals surface area contributed by atoms with E-state index in [1.807, 2.05) is 0 Å². The number of aromatic hydroxyl groups is 1. The van der Waals surface area contributed by atoms with Crippen LogP contribution in [0.5, 0.6) is 5.75 Å². The Morgan fingerprint density at radius 2 is 1.88 bits per heavy atom. The van der Waals surface area contributed by atoms with Crippen molar-refractivity contribution < 1.29 is 18.3 Å². The standard InChI is InChI=1S/C15H17N3O5S/c1-16-15(21)13-14(20)12(19)8-10(18(13)2)9-17-24(22,23)11-6-4-3-5-7-11/h3-8,17,20H,9H2,1-2H3,(H,16,21). The van der Waals surface area contributed by atoms with Crippen LogP contribution < -0.4 is 15.5 Å². The number of rotatable bonds is 5. The van der Waals surface area contributed by atoms with E-state index < -0.39 is 27.1 Å². The minimum atomic E-state index is -3.77. The Balaban J connectivity index is 2.36. The largest absolute Gasteiger partial charge is 0.503 e. The summed E-state index contributed by atoms with van der Waals surface area (Å²) in [5, 5.41) is 12.1. The first kappa shape index (κ1) is 17.7. The molecule has 1 heterocycles. The summed E-state index contributed by atoms with van der Waals surface area (Å²) in [6, 6.07) is 8.83. The van der Waals surface area contributed by atoms with Crippen LogP contribution in [0.2, 0.25) is 0 Å². The molecular formula is C15H17N3O5S. The van der Waals surface area contributed by atoms with E-state index in [9.17, 15) is 23.1 Å². The highest BCUT2D eigenvalue weighted by Crippen LogP contribution is 2.14. The summed E-state index contributed by atoms with van der Waals surface area (Å²) in [6.07, 6.45) is 0. The molecule has 3 N–H and O–H groups in total. The molecule has 2 aromatic rings. The van der Waals surface area contributed by atoms with E-state index in [4.69, 9.17) is 0 Å². The minimum Gasteiger partial charge on any atom is -0.503 e. The fourth-order valence-corrected chi connectivity index (χ4v) is 3.16. The van der Waals surface area contributed by atoms with Crippen molar-refractivity contribution in [3.05, 3.63) is 58.0 Å². The number of amides is 1. The van der Waals surface area contributed by atoms with E-state index in [-0.39, 0.29) is 22.8 Å². The molecule has 1 amide bonds. The van der Waals surface area contributed by atoms with E-state index in [0.717, 1.165) is 6.07 Å². The van der Waals surface area contributed by atoms with Gasteiger partial charge >= 0.3 is 0 Å². The molecule has 0 unspecified atom stereocenters. The number of hydrogen-bond donors (Lipinski definition) is 3. The molecule has 2 rings (SSSR count). The second kappa shape index (κ2) is 6.85. The smallest absolute Gasteiger partial charge is 0.271 e. The SMILES string of the molecule is CNC(=O)c1c(O)c(=O)cc(CNS(=O)(=O)c2ccccc2)n1C. The van der Waals surface area contributed by atoms with Crippen LogP contribution in [0.3, 0.4) is 0 Å². The average molecular weight is 351 g/mol. The molecule has 0 aliphatic heterocycles. The Morgan fingerprint density at radius 3 is 2.46 bits per heavy atom. The molecular weight excluding hydrogens is 334 g/mol. The summed E-state index contributed by atoms with van der Waals surface area (Å²) in [5.41, 5.74) is -0.768. The van der Waals surface area contributed by atoms with Gasteiger partial charge in [-0.2, -0.15) is 0 Å². The quantitative estimate of drug-likeness (QED) is 0.697. The van der Waals surface area contributed by atoms with Gasteiger partial charge < -0.3 is 15.0 Å². The first-order valence-corrected chi connectivity index (χ1v) is 8.45. The number of nitrogens with zero attached hydrogens (tertiary/aromatic N) is 1. The lowest BCUT2D eigenvalue weighted by molar-refractivity contribution is 0.0950. The number of benzene rings is 1. The van der Waals surface area contributed by atoms with E-state index in [2.05, 4.69) is 10.0 Å². The number of aromatic nitrogens is 1. The lowest BCUT2D eigenvalue weighted by atomic mass is 10.2. The highest BCUT2D eigenvalue weighted by molar-refractivity contribution is 7.89. The molecule has 0 radical (unpaired) electrons. The molecule has 1 aromatic carbocycles. The van der Waals surface area contributed by atoms with Gasteiger partial charge in [-0.25, -0.2) is 13.1 Å². The first-order valence-electron chi connectivity index (χ1n) is 6.96. The van der Waals surface area contributed by atoms with Gasteiger partial charge in [0.2, 0.25) is 15.5 Å². The molecule has 0 aliphatic rings. The Bertz CT molecular complexity index is 920. The highest BCUT2D eigenvalue weighted by Gasteiger charge is 2.20. The van der Waals surface area contributed by atoms with Crippen LogP contribution in [0.15, 0.2) is 46.1 Å². The third-order valence-corrected chi connectivity index (χ3v) is 4.88. The molecule has 0 bridgehead atoms. The van der Waals surface area contributed by atoms with Crippen molar-refractivity contribution in [2.45, 2.75) is 11.4 Å². The molecule has 1 aromatic heterocycles. The van der Waals surface area contributed by atoms with Crippen molar-refractivity contribution in [1.82, 2.24) is 14.6 Å². The second-order valence-electron chi connectivity index (χ2n) is 4.97. The van der Waals surface area contributed by atoms with Crippen LogP contribution in [0.4, 0.5) is 0 Å². The van der Waals surface area contributed by atoms with Crippen molar-refractivity contribution >= 4 is 15.9 Å². The van der Waals surface area contributed by atoms with E-state index in [0.29, 0.717) is 0 Å². The number of hydrogen-bond acceptors (Lipinski definition) is 5. The van der Waals surface area contributed by atoms with Gasteiger partial charge in [-0.3, -0.25) is 9.59 Å². The highest BCUT2D eigenvalue weighted by atomic mass is 32.2. The van der Waals surface area contributed by atoms with Gasteiger partial charge in [0.15, 0.2) is 11.4 Å². The monoisotopic (exact) mass is 351 g/mol. The van der Waals surface area contributed by atoms with Crippen molar-refractivity contribution in [2.24, 2.45) is 7.05 Å². The van der Waals surface area contributed by atoms with Crippen LogP contribution in [-0.2, 0) is 23.6 Å². The number of pyridine rings is 1. The van der Waals surface area contributed by atoms with Crippen LogP contribution in [0, 0.1) is 0 Å². The van der Waals surface area contributed by atoms with Gasteiger partial charge in [0.25, 0.3) is 5.91 Å². The number of carbonyl (C=O) groups excluding carboxylic acids is 1. The fraction of sp³-hybridized carbons (Fsp3) is 0.200. The zero-order valence-electron chi connectivity index (χ0n) is 13.1. The molecule has 0 saturated carbocycles. The Labute approximate surface area is 138 Å². The maximum absolute atomic E-state index is 12.2. The zero-order chi connectivity index (χ0) is 17.9. The van der Waals surface area contributed by atoms with E-state index in [1.54, 1.807) is 18.2 Å². The van der Waals surface area contributed by atoms with Crippen molar-refractivity contribution in [3.63, 3.8) is 0 Å². The summed E-state index contributed by atoms with van der Waals surface area (Å²) in [5.74, 6) is -1.34. The van der Waals surface area contributed by atoms with Gasteiger partial charge in [0, 0.05) is 25.9 Å². The molecule has 8 nitrogen and oxygen atoms in total. The maximum Gasteiger partial charge on any atom is 0.271 e. The summed E-state index contributed by atoms with van der Waals surface area (Å²) < 4.78 is 28.1. The van der Waals surface area contributed by atoms with Gasteiger partial charge in [-0.05, 0) is 12.1 Å². The predicted octanol–water partition coefficient (Wildman–Crippen LogP) is -0.0710. The normalized spacial score (nSPS) is 11.2. The minimum absolute atomic E-state index is 0.0836. The third kappa shape index (κ3) is 3.47. The number of nitrogens with one attached hydrogen (secondary N) is 2. The van der Waals surface area contributed by atoms with Gasteiger partial charge in [0.05, 0.1) is 11.4 Å². The second-order valence-corrected chi connectivity index (χ2v) is 6.74. The van der Waals surface area contributed by atoms with E-state index >= 15 is 0 Å². The van der Waals surface area contributed by atoms with Crippen molar-refractivity contribution in [3.8, 4) is 5.75 Å². The van der Waals surface area contributed by atoms with Gasteiger partial charge in [0.1, 0.15) is 0 Å². The van der Waals surface area contributed by atoms with Crippen molar-refractivity contribution in [1.29, 1.82) is 0 Å². The van der Waals surface area contributed by atoms with Crippen molar-refractivity contribution in [2.75, 3.05) is 7.05 Å². The molecule has 0 aliphatic carbocycles. The van der Waals surface area contributed by atoms with Crippen LogP contribution in [0.25, 0.3) is 0 Å². The zero-order valence-corrected chi connectivity index (χ0v) is 13.9. The lowest BCUT2D eigenvalue weighted by Crippen LogP contribution is -2.30. The first-order chi connectivity index (χ1) is 11.3. The fourth-order valence-electron chi connectivity index (χ4n) is 2.14. The number of sulfonamides is 1. The molecule has 9 heteroatoms. The van der Waals surface area contributed by atoms with Crippen LogP contribution in [0.1, 0.15) is 16.2 Å². The molecule has 128 valence electrons. The number of carbonyl (C=O) groups is 1. The van der Waals surface area contributed by atoms with Crippen LogP contribution in [-0.4, -0.2) is 31.0 Å². The lowest BCUT2D eigenvalue weighted by Gasteiger charge is -2.15. The average Bonchev–Trinajstić information content (AvgIpc) is 2.57. The summed E-state index contributed by atoms with van der Waals surface area (Å²) >= 11 is 0.